The largest absolute Gasteiger partial charge is 0.477 e. The van der Waals surface area contributed by atoms with Crippen LogP contribution in [0.15, 0.2) is 24.3 Å². The van der Waals surface area contributed by atoms with E-state index in [4.69, 9.17) is 28.4 Å². The van der Waals surface area contributed by atoms with Gasteiger partial charge in [0.15, 0.2) is 12.6 Å². The van der Waals surface area contributed by atoms with Crippen LogP contribution in [0.4, 0.5) is 0 Å². The highest BCUT2D eigenvalue weighted by molar-refractivity contribution is 5.77. The quantitative estimate of drug-likeness (QED) is 0.0257. The topological polar surface area (TPSA) is 373 Å². The van der Waals surface area contributed by atoms with Gasteiger partial charge < -0.3 is 100 Å². The maximum absolute atomic E-state index is 13.4. The molecule has 18 atom stereocenters. The fourth-order valence-corrected chi connectivity index (χ4v) is 11.9. The number of aliphatic hydroxyl groups excluding tert-OH is 11. The average Bonchev–Trinajstić information content (AvgIpc) is 0.878. The molecule has 23 nitrogen and oxygen atoms in total. The number of nitrogens with one attached hydrogen (secondary N) is 2. The minimum absolute atomic E-state index is 0.196. The number of carbonyl (C=O) groups is 3. The number of aliphatic hydroxyl groups is 11. The molecule has 520 valence electrons. The van der Waals surface area contributed by atoms with E-state index in [1.807, 2.05) is 6.08 Å². The third-order valence-electron chi connectivity index (χ3n) is 17.4. The van der Waals surface area contributed by atoms with Gasteiger partial charge in [0.25, 0.3) is 5.79 Å². The second-order valence-electron chi connectivity index (χ2n) is 25.0. The lowest BCUT2D eigenvalue weighted by molar-refractivity contribution is -0.386. The van der Waals surface area contributed by atoms with Crippen molar-refractivity contribution >= 4 is 17.8 Å². The molecule has 14 N–H and O–H groups in total. The summed E-state index contributed by atoms with van der Waals surface area (Å²) in [6, 6.07) is -2.62. The second kappa shape index (κ2) is 47.1. The third kappa shape index (κ3) is 30.0. The first-order valence-electron chi connectivity index (χ1n) is 34.2. The summed E-state index contributed by atoms with van der Waals surface area (Å²) in [5.41, 5.74) is 0. The zero-order valence-corrected chi connectivity index (χ0v) is 54.0. The van der Waals surface area contributed by atoms with Crippen molar-refractivity contribution in [1.29, 1.82) is 0 Å². The van der Waals surface area contributed by atoms with Crippen molar-refractivity contribution in [2.75, 3.05) is 26.4 Å². The SMILES string of the molecule is CCCCCCCCCCCC/C=C\CCCCCCCCCC(=O)NC(COC1OC(CO)C(OC2OC(CO)C(O)C(OC3(C(=O)O)CC(O)C(NC(C)=O)C(C(O)C(O)CO)O3)C2O)C(O)C1O)C(O)/C=C/CCCCCCCCCCCCCC. The van der Waals surface area contributed by atoms with E-state index in [0.717, 1.165) is 77.6 Å². The molecule has 0 spiro atoms. The first kappa shape index (κ1) is 80.4. The average molecular weight is 1280 g/mol. The lowest BCUT2D eigenvalue weighted by Gasteiger charge is -2.50. The van der Waals surface area contributed by atoms with Crippen molar-refractivity contribution in [2.45, 2.75) is 349 Å². The Kier molecular flexibility index (Phi) is 42.6. The summed E-state index contributed by atoms with van der Waals surface area (Å²) < 4.78 is 34.8. The fraction of sp³-hybridized carbons (Fsp3) is 0.894. The lowest BCUT2D eigenvalue weighted by Crippen LogP contribution is -2.70. The Morgan fingerprint density at radius 2 is 1.06 bits per heavy atom. The number of aliphatic carboxylic acids is 1. The number of rotatable bonds is 51. The summed E-state index contributed by atoms with van der Waals surface area (Å²) in [7, 11) is 0. The van der Waals surface area contributed by atoms with E-state index in [1.165, 1.54) is 122 Å². The van der Waals surface area contributed by atoms with Crippen molar-refractivity contribution in [3.05, 3.63) is 24.3 Å². The van der Waals surface area contributed by atoms with E-state index < -0.39 is 155 Å². The van der Waals surface area contributed by atoms with Gasteiger partial charge in [-0.25, -0.2) is 4.79 Å². The van der Waals surface area contributed by atoms with Gasteiger partial charge in [-0.15, -0.1) is 0 Å². The summed E-state index contributed by atoms with van der Waals surface area (Å²) in [6.45, 7) is 2.12. The summed E-state index contributed by atoms with van der Waals surface area (Å²) in [5.74, 6) is -6.15. The molecule has 0 aromatic carbocycles. The van der Waals surface area contributed by atoms with E-state index in [2.05, 4.69) is 36.6 Å². The molecule has 0 saturated carbocycles. The van der Waals surface area contributed by atoms with Crippen molar-refractivity contribution in [3.63, 3.8) is 0 Å². The number of unbranched alkanes of at least 4 members (excludes halogenated alkanes) is 29. The van der Waals surface area contributed by atoms with Gasteiger partial charge in [-0.2, -0.15) is 0 Å². The smallest absolute Gasteiger partial charge is 0.364 e. The molecule has 2 amide bonds. The zero-order valence-electron chi connectivity index (χ0n) is 54.0. The van der Waals surface area contributed by atoms with Crippen molar-refractivity contribution < 1.29 is 104 Å². The Morgan fingerprint density at radius 1 is 0.584 bits per heavy atom. The highest BCUT2D eigenvalue weighted by Gasteiger charge is 2.60. The molecule has 0 radical (unpaired) electrons. The number of ether oxygens (including phenoxy) is 6. The summed E-state index contributed by atoms with van der Waals surface area (Å²) >= 11 is 0. The first-order valence-corrected chi connectivity index (χ1v) is 34.2. The predicted molar refractivity (Wildman–Crippen MR) is 334 cm³/mol. The maximum Gasteiger partial charge on any atom is 0.364 e. The van der Waals surface area contributed by atoms with Crippen LogP contribution in [0, 0.1) is 0 Å². The number of allylic oxidation sites excluding steroid dienone is 3. The fourth-order valence-electron chi connectivity index (χ4n) is 11.9. The minimum atomic E-state index is -3.08. The monoisotopic (exact) mass is 1280 g/mol. The molecule has 3 aliphatic rings. The van der Waals surface area contributed by atoms with Gasteiger partial charge >= 0.3 is 5.97 Å². The normalized spacial score (nSPS) is 28.9. The molecule has 3 heterocycles. The van der Waals surface area contributed by atoms with E-state index in [9.17, 15) is 75.7 Å². The Morgan fingerprint density at radius 3 is 1.53 bits per heavy atom. The summed E-state index contributed by atoms with van der Waals surface area (Å²) in [6.07, 6.45) is 16.5. The van der Waals surface area contributed by atoms with Gasteiger partial charge in [-0.3, -0.25) is 9.59 Å². The Balaban J connectivity index is 1.60. The van der Waals surface area contributed by atoms with Crippen LogP contribution in [0.25, 0.3) is 0 Å². The summed E-state index contributed by atoms with van der Waals surface area (Å²) in [5, 5.41) is 136. The minimum Gasteiger partial charge on any atom is -0.477 e. The van der Waals surface area contributed by atoms with Crippen molar-refractivity contribution in [3.8, 4) is 0 Å². The molecule has 3 aliphatic heterocycles. The number of carboxylic acid groups (broad SMARTS) is 1. The zero-order chi connectivity index (χ0) is 65.4. The number of hydrogen-bond acceptors (Lipinski definition) is 20. The molecule has 0 aliphatic carbocycles. The number of carboxylic acids is 1. The van der Waals surface area contributed by atoms with Gasteiger partial charge in [-0.05, 0) is 44.9 Å². The molecular formula is C66H120N2O21. The second-order valence-corrected chi connectivity index (χ2v) is 25.0. The molecule has 0 bridgehead atoms. The standard InChI is InChI=1S/C66H120N2O21/c1-4-6-8-10-12-14-16-18-20-21-22-23-24-25-26-28-30-32-34-36-38-40-53(76)68-47(48(73)39-37-35-33-31-29-27-19-17-15-13-11-9-7-5-2)45-84-63-58(80)57(79)60(52(44-71)86-63)87-64-59(81)62(56(78)51(43-70)85-64)89-66(65(82)83)41-49(74)54(67-46(3)72)61(88-66)55(77)50(75)42-69/h23-24,37,39,47-52,54-64,69-71,73-75,77-81H,4-22,25-36,38,40-45H2,1-3H3,(H,67,72)(H,68,76)(H,82,83)/b24-23-,39-37+. The molecule has 18 unspecified atom stereocenters. The van der Waals surface area contributed by atoms with Crippen LogP contribution in [0.1, 0.15) is 239 Å². The molecule has 23 heteroatoms. The molecule has 89 heavy (non-hydrogen) atoms. The lowest BCUT2D eigenvalue weighted by atomic mass is 9.88. The van der Waals surface area contributed by atoms with Gasteiger partial charge in [0.05, 0.1) is 50.7 Å². The Hall–Kier alpha value is -2.79. The van der Waals surface area contributed by atoms with E-state index in [0.29, 0.717) is 12.8 Å². The van der Waals surface area contributed by atoms with Crippen LogP contribution in [0.2, 0.25) is 0 Å². The third-order valence-corrected chi connectivity index (χ3v) is 17.4. The number of carbonyl (C=O) groups excluding carboxylic acids is 2. The maximum atomic E-state index is 13.4. The Labute approximate surface area is 530 Å². The molecule has 0 aromatic rings. The first-order chi connectivity index (χ1) is 42.9. The van der Waals surface area contributed by atoms with Crippen LogP contribution in [-0.4, -0.2) is 215 Å². The molecular weight excluding hydrogens is 1160 g/mol. The van der Waals surface area contributed by atoms with Crippen LogP contribution in [0.3, 0.4) is 0 Å². The van der Waals surface area contributed by atoms with Crippen molar-refractivity contribution in [1.82, 2.24) is 10.6 Å². The molecule has 3 fully saturated rings. The van der Waals surface area contributed by atoms with Crippen LogP contribution in [-0.2, 0) is 42.8 Å². The predicted octanol–water partition coefficient (Wildman–Crippen LogP) is 5.67. The highest BCUT2D eigenvalue weighted by atomic mass is 16.8. The molecule has 0 aromatic heterocycles. The van der Waals surface area contributed by atoms with Gasteiger partial charge in [-0.1, -0.05) is 199 Å². The van der Waals surface area contributed by atoms with Gasteiger partial charge in [0.2, 0.25) is 11.8 Å². The molecule has 3 rings (SSSR count). The van der Waals surface area contributed by atoms with Crippen molar-refractivity contribution in [2.24, 2.45) is 0 Å². The van der Waals surface area contributed by atoms with E-state index in [-0.39, 0.29) is 12.3 Å². The van der Waals surface area contributed by atoms with Gasteiger partial charge in [0.1, 0.15) is 67.1 Å². The van der Waals surface area contributed by atoms with E-state index >= 15 is 0 Å². The van der Waals surface area contributed by atoms with Crippen LogP contribution < -0.4 is 10.6 Å². The van der Waals surface area contributed by atoms with E-state index in [1.54, 1.807) is 6.08 Å². The molecule has 3 saturated heterocycles. The number of hydrogen-bond donors (Lipinski definition) is 14. The van der Waals surface area contributed by atoms with Crippen LogP contribution >= 0.6 is 0 Å². The van der Waals surface area contributed by atoms with Crippen LogP contribution in [0.5, 0.6) is 0 Å². The Bertz CT molecular complexity index is 1900. The van der Waals surface area contributed by atoms with Gasteiger partial charge in [0, 0.05) is 19.8 Å². The highest BCUT2D eigenvalue weighted by Crippen LogP contribution is 2.39. The summed E-state index contributed by atoms with van der Waals surface area (Å²) in [4.78, 5) is 38.5. The number of amides is 2.